The van der Waals surface area contributed by atoms with Gasteiger partial charge in [0.1, 0.15) is 5.54 Å². The Bertz CT molecular complexity index is 222. The van der Waals surface area contributed by atoms with Crippen molar-refractivity contribution in [3.63, 3.8) is 0 Å². The highest BCUT2D eigenvalue weighted by atomic mass is 32.2. The van der Waals surface area contributed by atoms with Gasteiger partial charge in [-0.2, -0.15) is 11.8 Å². The van der Waals surface area contributed by atoms with Crippen LogP contribution in [-0.4, -0.2) is 36.7 Å². The molecule has 1 heterocycles. The molecule has 0 aromatic carbocycles. The van der Waals surface area contributed by atoms with Crippen LogP contribution in [0.5, 0.6) is 0 Å². The lowest BCUT2D eigenvalue weighted by Crippen LogP contribution is -2.53. The van der Waals surface area contributed by atoms with Crippen LogP contribution in [0.1, 0.15) is 19.3 Å². The summed E-state index contributed by atoms with van der Waals surface area (Å²) < 4.78 is 4.88. The molecule has 1 aliphatic heterocycles. The molecule has 14 heavy (non-hydrogen) atoms. The Hall–Kier alpha value is -0.220. The second-order valence-corrected chi connectivity index (χ2v) is 5.31. The summed E-state index contributed by atoms with van der Waals surface area (Å²) in [5, 5.41) is 3.41. The van der Waals surface area contributed by atoms with E-state index in [1.54, 1.807) is 0 Å². The summed E-state index contributed by atoms with van der Waals surface area (Å²) >= 11 is 1.83. The van der Waals surface area contributed by atoms with Gasteiger partial charge in [-0.05, 0) is 37.5 Å². The first-order chi connectivity index (χ1) is 6.77. The summed E-state index contributed by atoms with van der Waals surface area (Å²) in [5.74, 6) is 2.66. The molecule has 4 heteroatoms. The molecule has 1 saturated carbocycles. The van der Waals surface area contributed by atoms with E-state index in [4.69, 9.17) is 4.74 Å². The number of rotatable bonds is 4. The summed E-state index contributed by atoms with van der Waals surface area (Å²) in [6.45, 7) is 0.982. The van der Waals surface area contributed by atoms with Gasteiger partial charge in [-0.15, -0.1) is 0 Å². The summed E-state index contributed by atoms with van der Waals surface area (Å²) in [7, 11) is 1.48. The lowest BCUT2D eigenvalue weighted by Gasteiger charge is -2.26. The Morgan fingerprint density at radius 1 is 1.64 bits per heavy atom. The zero-order valence-corrected chi connectivity index (χ0v) is 9.36. The van der Waals surface area contributed by atoms with E-state index in [0.717, 1.165) is 30.4 Å². The van der Waals surface area contributed by atoms with Gasteiger partial charge in [0.25, 0.3) is 0 Å². The van der Waals surface area contributed by atoms with Crippen molar-refractivity contribution in [2.45, 2.75) is 24.8 Å². The normalized spacial score (nSPS) is 31.8. The predicted molar refractivity (Wildman–Crippen MR) is 57.4 cm³/mol. The van der Waals surface area contributed by atoms with Crippen LogP contribution in [0.4, 0.5) is 0 Å². The van der Waals surface area contributed by atoms with Crippen LogP contribution in [0.25, 0.3) is 0 Å². The molecule has 0 radical (unpaired) electrons. The van der Waals surface area contributed by atoms with Crippen LogP contribution in [0.3, 0.4) is 0 Å². The average Bonchev–Trinajstić information content (AvgIpc) is 2.92. The molecule has 0 aromatic heterocycles. The van der Waals surface area contributed by atoms with Crippen LogP contribution in [-0.2, 0) is 9.53 Å². The monoisotopic (exact) mass is 215 g/mol. The van der Waals surface area contributed by atoms with Gasteiger partial charge in [-0.25, -0.2) is 0 Å². The fourth-order valence-electron chi connectivity index (χ4n) is 1.79. The van der Waals surface area contributed by atoms with Crippen LogP contribution in [0.15, 0.2) is 0 Å². The number of hydrogen-bond donors (Lipinski definition) is 1. The molecule has 1 saturated heterocycles. The maximum atomic E-state index is 11.7. The van der Waals surface area contributed by atoms with Crippen molar-refractivity contribution < 1.29 is 9.53 Å². The Balaban J connectivity index is 1.93. The Labute approximate surface area is 89.0 Å². The molecule has 0 aromatic rings. The van der Waals surface area contributed by atoms with Crippen molar-refractivity contribution >= 4 is 17.7 Å². The minimum Gasteiger partial charge on any atom is -0.468 e. The second kappa shape index (κ2) is 4.11. The van der Waals surface area contributed by atoms with Crippen LogP contribution >= 0.6 is 11.8 Å². The number of thioether (sulfide) groups is 1. The maximum absolute atomic E-state index is 11.7. The minimum atomic E-state index is -0.373. The summed E-state index contributed by atoms with van der Waals surface area (Å²) in [6, 6.07) is 0. The molecule has 3 nitrogen and oxygen atoms in total. The van der Waals surface area contributed by atoms with Gasteiger partial charge >= 0.3 is 5.97 Å². The minimum absolute atomic E-state index is 0.0804. The highest BCUT2D eigenvalue weighted by Gasteiger charge is 2.43. The molecule has 2 rings (SSSR count). The van der Waals surface area contributed by atoms with Crippen molar-refractivity contribution in [1.82, 2.24) is 5.32 Å². The van der Waals surface area contributed by atoms with Gasteiger partial charge in [-0.1, -0.05) is 0 Å². The van der Waals surface area contributed by atoms with Gasteiger partial charge in [0.15, 0.2) is 0 Å². The first-order valence-corrected chi connectivity index (χ1v) is 6.33. The molecule has 0 spiro atoms. The van der Waals surface area contributed by atoms with Gasteiger partial charge in [-0.3, -0.25) is 4.79 Å². The van der Waals surface area contributed by atoms with E-state index >= 15 is 0 Å². The van der Waals surface area contributed by atoms with Gasteiger partial charge in [0.05, 0.1) is 7.11 Å². The SMILES string of the molecule is COC(=O)C1(NCC2CC2)CCSC1. The first kappa shape index (κ1) is 10.3. The highest BCUT2D eigenvalue weighted by Crippen LogP contribution is 2.32. The van der Waals surface area contributed by atoms with E-state index in [0.29, 0.717) is 0 Å². The smallest absolute Gasteiger partial charge is 0.326 e. The number of methoxy groups -OCH3 is 1. The van der Waals surface area contributed by atoms with E-state index < -0.39 is 0 Å². The Morgan fingerprint density at radius 3 is 2.93 bits per heavy atom. The first-order valence-electron chi connectivity index (χ1n) is 5.18. The average molecular weight is 215 g/mol. The largest absolute Gasteiger partial charge is 0.468 e. The van der Waals surface area contributed by atoms with Crippen molar-refractivity contribution in [2.24, 2.45) is 5.92 Å². The molecule has 80 valence electrons. The molecule has 1 unspecified atom stereocenters. The van der Waals surface area contributed by atoms with Crippen LogP contribution in [0.2, 0.25) is 0 Å². The number of hydrogen-bond acceptors (Lipinski definition) is 4. The molecule has 0 amide bonds. The van der Waals surface area contributed by atoms with Crippen molar-refractivity contribution in [2.75, 3.05) is 25.2 Å². The zero-order chi connectivity index (χ0) is 10.0. The fraction of sp³-hybridized carbons (Fsp3) is 0.900. The number of esters is 1. The van der Waals surface area contributed by atoms with Gasteiger partial charge in [0, 0.05) is 5.75 Å². The fourth-order valence-corrected chi connectivity index (χ4v) is 3.14. The lowest BCUT2D eigenvalue weighted by atomic mass is 9.99. The van der Waals surface area contributed by atoms with E-state index in [1.807, 2.05) is 11.8 Å². The van der Waals surface area contributed by atoms with Crippen LogP contribution < -0.4 is 5.32 Å². The third kappa shape index (κ3) is 2.06. The summed E-state index contributed by atoms with van der Waals surface area (Å²) in [5.41, 5.74) is -0.373. The quantitative estimate of drug-likeness (QED) is 0.711. The third-order valence-corrected chi connectivity index (χ3v) is 4.21. The topological polar surface area (TPSA) is 38.3 Å². The molecule has 1 atom stereocenters. The number of nitrogens with one attached hydrogen (secondary N) is 1. The molecule has 0 bridgehead atoms. The lowest BCUT2D eigenvalue weighted by molar-refractivity contribution is -0.147. The van der Waals surface area contributed by atoms with Crippen molar-refractivity contribution in [1.29, 1.82) is 0 Å². The molecule has 2 fully saturated rings. The Morgan fingerprint density at radius 2 is 2.43 bits per heavy atom. The molecule has 1 N–H and O–H groups in total. The van der Waals surface area contributed by atoms with E-state index in [1.165, 1.54) is 20.0 Å². The number of carbonyl (C=O) groups excluding carboxylic acids is 1. The molecule has 2 aliphatic rings. The van der Waals surface area contributed by atoms with Gasteiger partial charge in [0.2, 0.25) is 0 Å². The van der Waals surface area contributed by atoms with Crippen molar-refractivity contribution in [3.05, 3.63) is 0 Å². The standard InChI is InChI=1S/C10H17NO2S/c1-13-9(12)10(4-5-14-7-10)11-6-8-2-3-8/h8,11H,2-7H2,1H3. The van der Waals surface area contributed by atoms with E-state index in [9.17, 15) is 4.79 Å². The zero-order valence-electron chi connectivity index (χ0n) is 8.54. The summed E-state index contributed by atoms with van der Waals surface area (Å²) in [6.07, 6.45) is 3.55. The van der Waals surface area contributed by atoms with Crippen LogP contribution in [0, 0.1) is 5.92 Å². The van der Waals surface area contributed by atoms with Crippen molar-refractivity contribution in [3.8, 4) is 0 Å². The van der Waals surface area contributed by atoms with E-state index in [-0.39, 0.29) is 11.5 Å². The number of carbonyl (C=O) groups is 1. The molecular weight excluding hydrogens is 198 g/mol. The van der Waals surface area contributed by atoms with E-state index in [2.05, 4.69) is 5.32 Å². The maximum Gasteiger partial charge on any atom is 0.326 e. The third-order valence-electron chi connectivity index (χ3n) is 3.02. The highest BCUT2D eigenvalue weighted by molar-refractivity contribution is 7.99. The van der Waals surface area contributed by atoms with Gasteiger partial charge < -0.3 is 10.1 Å². The Kier molecular flexibility index (Phi) is 3.02. The molecule has 1 aliphatic carbocycles. The number of ether oxygens (including phenoxy) is 1. The summed E-state index contributed by atoms with van der Waals surface area (Å²) in [4.78, 5) is 11.7. The predicted octanol–water partition coefficient (Wildman–Crippen LogP) is 1.03. The molecular formula is C10H17NO2S. The second-order valence-electron chi connectivity index (χ2n) is 4.20.